The van der Waals surface area contributed by atoms with Gasteiger partial charge >= 0.3 is 0 Å². The van der Waals surface area contributed by atoms with Crippen molar-refractivity contribution in [2.75, 3.05) is 11.4 Å². The molecule has 1 amide bonds. The van der Waals surface area contributed by atoms with Gasteiger partial charge in [-0.15, -0.1) is 0 Å². The Morgan fingerprint density at radius 1 is 1.19 bits per heavy atom. The van der Waals surface area contributed by atoms with Crippen LogP contribution >= 0.6 is 10.7 Å². The summed E-state index contributed by atoms with van der Waals surface area (Å²) in [4.78, 5) is 14.6. The topological polar surface area (TPSA) is 54.5 Å². The van der Waals surface area contributed by atoms with E-state index in [9.17, 15) is 13.2 Å². The number of benzene rings is 1. The molecule has 0 atom stereocenters. The van der Waals surface area contributed by atoms with E-state index in [1.165, 1.54) is 6.07 Å². The van der Waals surface area contributed by atoms with Gasteiger partial charge in [0, 0.05) is 28.8 Å². The average molecular weight is 328 g/mol. The van der Waals surface area contributed by atoms with Crippen LogP contribution in [0.25, 0.3) is 0 Å². The zero-order valence-corrected chi connectivity index (χ0v) is 13.3. The molecule has 0 bridgehead atoms. The number of aryl methyl sites for hydroxylation is 1. The Kier molecular flexibility index (Phi) is 3.97. The Morgan fingerprint density at radius 2 is 1.90 bits per heavy atom. The van der Waals surface area contributed by atoms with Gasteiger partial charge in [-0.1, -0.05) is 12.8 Å². The lowest BCUT2D eigenvalue weighted by Gasteiger charge is -2.31. The highest BCUT2D eigenvalue weighted by atomic mass is 35.7. The number of rotatable bonds is 2. The van der Waals surface area contributed by atoms with Gasteiger partial charge in [0.15, 0.2) is 0 Å². The smallest absolute Gasteiger partial charge is 0.261 e. The minimum atomic E-state index is -3.72. The van der Waals surface area contributed by atoms with Crippen molar-refractivity contribution in [2.24, 2.45) is 5.92 Å². The highest BCUT2D eigenvalue weighted by molar-refractivity contribution is 8.13. The second-order valence-electron chi connectivity index (χ2n) is 5.80. The Balaban J connectivity index is 1.93. The van der Waals surface area contributed by atoms with Gasteiger partial charge in [-0.25, -0.2) is 8.42 Å². The van der Waals surface area contributed by atoms with Crippen molar-refractivity contribution in [3.8, 4) is 0 Å². The maximum atomic E-state index is 12.6. The number of carbonyl (C=O) groups excluding carboxylic acids is 1. The highest BCUT2D eigenvalue weighted by Crippen LogP contribution is 2.34. The first-order valence-corrected chi connectivity index (χ1v) is 9.67. The van der Waals surface area contributed by atoms with Crippen molar-refractivity contribution in [2.45, 2.75) is 43.4 Å². The maximum absolute atomic E-state index is 12.6. The number of amides is 1. The van der Waals surface area contributed by atoms with Crippen LogP contribution in [0.4, 0.5) is 5.69 Å². The maximum Gasteiger partial charge on any atom is 0.261 e. The number of halogens is 1. The molecule has 0 N–H and O–H groups in total. The van der Waals surface area contributed by atoms with E-state index < -0.39 is 9.05 Å². The quantitative estimate of drug-likeness (QED) is 0.784. The molecule has 0 spiro atoms. The average Bonchev–Trinajstić information content (AvgIpc) is 2.98. The van der Waals surface area contributed by atoms with Crippen LogP contribution in [-0.4, -0.2) is 20.9 Å². The molecule has 3 rings (SSSR count). The van der Waals surface area contributed by atoms with E-state index in [0.29, 0.717) is 0 Å². The normalized spacial score (nSPS) is 19.6. The molecule has 1 aliphatic carbocycles. The molecule has 0 radical (unpaired) electrons. The molecule has 4 nitrogen and oxygen atoms in total. The molecule has 0 saturated heterocycles. The van der Waals surface area contributed by atoms with Crippen LogP contribution in [0, 0.1) is 5.92 Å². The van der Waals surface area contributed by atoms with E-state index in [4.69, 9.17) is 10.7 Å². The zero-order valence-electron chi connectivity index (χ0n) is 11.7. The van der Waals surface area contributed by atoms with Crippen molar-refractivity contribution >= 4 is 31.3 Å². The molecule has 1 fully saturated rings. The largest absolute Gasteiger partial charge is 0.312 e. The lowest BCUT2D eigenvalue weighted by Crippen LogP contribution is -2.39. The Hall–Kier alpha value is -1.07. The zero-order chi connectivity index (χ0) is 15.0. The number of hydrogen-bond acceptors (Lipinski definition) is 3. The number of hydrogen-bond donors (Lipinski definition) is 0. The van der Waals surface area contributed by atoms with Gasteiger partial charge in [0.25, 0.3) is 9.05 Å². The summed E-state index contributed by atoms with van der Waals surface area (Å²) < 4.78 is 22.9. The van der Waals surface area contributed by atoms with E-state index in [0.717, 1.165) is 56.3 Å². The van der Waals surface area contributed by atoms with Crippen molar-refractivity contribution in [1.29, 1.82) is 0 Å². The summed E-state index contributed by atoms with van der Waals surface area (Å²) >= 11 is 0. The van der Waals surface area contributed by atoms with Gasteiger partial charge in [0.1, 0.15) is 0 Å². The fourth-order valence-corrected chi connectivity index (χ4v) is 4.15. The lowest BCUT2D eigenvalue weighted by molar-refractivity contribution is -0.122. The molecule has 2 aliphatic rings. The van der Waals surface area contributed by atoms with Crippen LogP contribution in [0.3, 0.4) is 0 Å². The van der Waals surface area contributed by atoms with Gasteiger partial charge in [-0.3, -0.25) is 4.79 Å². The highest BCUT2D eigenvalue weighted by Gasteiger charge is 2.31. The molecule has 1 aliphatic heterocycles. The van der Waals surface area contributed by atoms with E-state index >= 15 is 0 Å². The Bertz CT molecular complexity index is 665. The van der Waals surface area contributed by atoms with E-state index in [1.54, 1.807) is 12.1 Å². The third kappa shape index (κ3) is 2.94. The van der Waals surface area contributed by atoms with E-state index in [1.807, 2.05) is 4.90 Å². The van der Waals surface area contributed by atoms with Gasteiger partial charge in [-0.05, 0) is 49.4 Å². The van der Waals surface area contributed by atoms with Crippen molar-refractivity contribution in [3.05, 3.63) is 23.8 Å². The van der Waals surface area contributed by atoms with Gasteiger partial charge in [0.2, 0.25) is 5.91 Å². The summed E-state index contributed by atoms with van der Waals surface area (Å²) in [7, 11) is 1.67. The molecule has 1 saturated carbocycles. The number of carbonyl (C=O) groups is 1. The molecule has 0 aromatic heterocycles. The van der Waals surface area contributed by atoms with Crippen molar-refractivity contribution < 1.29 is 13.2 Å². The molecular weight excluding hydrogens is 310 g/mol. The first kappa shape index (κ1) is 14.9. The number of fused-ring (bicyclic) bond motifs is 1. The van der Waals surface area contributed by atoms with E-state index in [2.05, 4.69) is 0 Å². The minimum Gasteiger partial charge on any atom is -0.312 e. The predicted octanol–water partition coefficient (Wildman–Crippen LogP) is 3.08. The summed E-state index contributed by atoms with van der Waals surface area (Å²) in [5.41, 5.74) is 1.75. The summed E-state index contributed by atoms with van der Waals surface area (Å²) in [6.45, 7) is 0.718. The molecule has 1 aromatic carbocycles. The molecular formula is C15H18ClNO3S. The molecule has 0 unspecified atom stereocenters. The van der Waals surface area contributed by atoms with Crippen molar-refractivity contribution in [3.63, 3.8) is 0 Å². The number of anilines is 1. The third-order valence-electron chi connectivity index (χ3n) is 4.42. The van der Waals surface area contributed by atoms with E-state index in [-0.39, 0.29) is 16.7 Å². The Labute approximate surface area is 129 Å². The second-order valence-corrected chi connectivity index (χ2v) is 8.37. The van der Waals surface area contributed by atoms with Gasteiger partial charge in [0.05, 0.1) is 4.90 Å². The fourth-order valence-electron chi connectivity index (χ4n) is 3.35. The SMILES string of the molecule is O=C(C1CCCC1)N1CCCc2cc(S(=O)(=O)Cl)ccc21. The third-order valence-corrected chi connectivity index (χ3v) is 5.77. The van der Waals surface area contributed by atoms with Crippen LogP contribution in [0.2, 0.25) is 0 Å². The first-order chi connectivity index (χ1) is 9.97. The van der Waals surface area contributed by atoms with Gasteiger partial charge < -0.3 is 4.90 Å². The van der Waals surface area contributed by atoms with Crippen LogP contribution in [0.1, 0.15) is 37.7 Å². The minimum absolute atomic E-state index is 0.109. The standard InChI is InChI=1S/C15H18ClNO3S/c16-21(19,20)13-7-8-14-12(10-13)6-3-9-17(14)15(18)11-4-1-2-5-11/h7-8,10-11H,1-6,9H2. The van der Waals surface area contributed by atoms with Crippen LogP contribution in [-0.2, 0) is 20.3 Å². The van der Waals surface area contributed by atoms with Crippen LogP contribution in [0.15, 0.2) is 23.1 Å². The van der Waals surface area contributed by atoms with Gasteiger partial charge in [-0.2, -0.15) is 0 Å². The molecule has 6 heteroatoms. The molecule has 114 valence electrons. The fraction of sp³-hybridized carbons (Fsp3) is 0.533. The summed E-state index contributed by atoms with van der Waals surface area (Å²) in [6.07, 6.45) is 5.83. The summed E-state index contributed by atoms with van der Waals surface area (Å²) in [5.74, 6) is 0.322. The van der Waals surface area contributed by atoms with Crippen molar-refractivity contribution in [1.82, 2.24) is 0 Å². The lowest BCUT2D eigenvalue weighted by atomic mass is 9.99. The van der Waals surface area contributed by atoms with Crippen LogP contribution < -0.4 is 4.90 Å². The summed E-state index contributed by atoms with van der Waals surface area (Å²) in [5, 5.41) is 0. The first-order valence-electron chi connectivity index (χ1n) is 7.36. The van der Waals surface area contributed by atoms with Crippen LogP contribution in [0.5, 0.6) is 0 Å². The Morgan fingerprint density at radius 3 is 2.57 bits per heavy atom. The number of nitrogens with zero attached hydrogens (tertiary/aromatic N) is 1. The monoisotopic (exact) mass is 327 g/mol. The summed E-state index contributed by atoms with van der Waals surface area (Å²) in [6, 6.07) is 4.81. The molecule has 21 heavy (non-hydrogen) atoms. The molecule has 1 heterocycles. The molecule has 1 aromatic rings. The predicted molar refractivity (Wildman–Crippen MR) is 82.1 cm³/mol. The second kappa shape index (κ2) is 5.61.